The molecule has 104 valence electrons. The van der Waals surface area contributed by atoms with Gasteiger partial charge in [0, 0.05) is 13.1 Å². The standard InChI is InChI=1S/C17H15N3O/c1-21-17-6-5-15(8-16(17)10-19)12-20-11-14-4-2-3-13(7-14)9-18/h2-8,20H,11-12H2,1H3. The zero-order valence-corrected chi connectivity index (χ0v) is 11.8. The third kappa shape index (κ3) is 3.82. The first-order valence-corrected chi connectivity index (χ1v) is 6.53. The number of ether oxygens (including phenoxy) is 1. The van der Waals surface area contributed by atoms with Crippen molar-refractivity contribution in [3.63, 3.8) is 0 Å². The first-order chi connectivity index (χ1) is 10.3. The van der Waals surface area contributed by atoms with Crippen molar-refractivity contribution in [2.24, 2.45) is 0 Å². The smallest absolute Gasteiger partial charge is 0.136 e. The number of hydrogen-bond acceptors (Lipinski definition) is 4. The number of nitriles is 2. The Morgan fingerprint density at radius 3 is 2.43 bits per heavy atom. The zero-order chi connectivity index (χ0) is 15.1. The van der Waals surface area contributed by atoms with Crippen LogP contribution in [0.3, 0.4) is 0 Å². The van der Waals surface area contributed by atoms with Crippen molar-refractivity contribution in [1.29, 1.82) is 10.5 Å². The molecule has 0 aliphatic heterocycles. The minimum Gasteiger partial charge on any atom is -0.495 e. The van der Waals surface area contributed by atoms with Crippen molar-refractivity contribution in [1.82, 2.24) is 5.32 Å². The largest absolute Gasteiger partial charge is 0.495 e. The maximum atomic E-state index is 9.05. The Hall–Kier alpha value is -2.82. The van der Waals surface area contributed by atoms with Crippen LogP contribution in [0.5, 0.6) is 5.75 Å². The highest BCUT2D eigenvalue weighted by Gasteiger charge is 2.03. The molecule has 0 unspecified atom stereocenters. The first kappa shape index (κ1) is 14.6. The van der Waals surface area contributed by atoms with E-state index in [0.29, 0.717) is 30.0 Å². The molecule has 0 atom stereocenters. The Kier molecular flexibility index (Phi) is 4.93. The summed E-state index contributed by atoms with van der Waals surface area (Å²) in [5, 5.41) is 21.2. The number of hydrogen-bond donors (Lipinski definition) is 1. The van der Waals surface area contributed by atoms with Crippen molar-refractivity contribution in [2.75, 3.05) is 7.11 Å². The monoisotopic (exact) mass is 277 g/mol. The highest BCUT2D eigenvalue weighted by atomic mass is 16.5. The van der Waals surface area contributed by atoms with Crippen molar-refractivity contribution < 1.29 is 4.74 Å². The molecule has 0 aliphatic carbocycles. The van der Waals surface area contributed by atoms with Crippen molar-refractivity contribution in [3.8, 4) is 17.9 Å². The lowest BCUT2D eigenvalue weighted by atomic mass is 10.1. The number of methoxy groups -OCH3 is 1. The van der Waals surface area contributed by atoms with E-state index >= 15 is 0 Å². The average Bonchev–Trinajstić information content (AvgIpc) is 2.55. The van der Waals surface area contributed by atoms with Gasteiger partial charge in [-0.25, -0.2) is 0 Å². The van der Waals surface area contributed by atoms with Crippen LogP contribution in [0.25, 0.3) is 0 Å². The Bertz CT molecular complexity index is 711. The van der Waals surface area contributed by atoms with Crippen molar-refractivity contribution in [3.05, 3.63) is 64.7 Å². The molecule has 2 aromatic carbocycles. The van der Waals surface area contributed by atoms with E-state index in [2.05, 4.69) is 17.5 Å². The predicted octanol–water partition coefficient (Wildman–Crippen LogP) is 2.73. The average molecular weight is 277 g/mol. The fraction of sp³-hybridized carbons (Fsp3) is 0.176. The van der Waals surface area contributed by atoms with Gasteiger partial charge >= 0.3 is 0 Å². The van der Waals surface area contributed by atoms with Gasteiger partial charge in [-0.1, -0.05) is 18.2 Å². The highest BCUT2D eigenvalue weighted by Crippen LogP contribution is 2.18. The molecule has 0 heterocycles. The summed E-state index contributed by atoms with van der Waals surface area (Å²) >= 11 is 0. The molecule has 0 fully saturated rings. The molecule has 2 rings (SSSR count). The minimum atomic E-state index is 0.531. The molecule has 0 radical (unpaired) electrons. The second-order valence-electron chi connectivity index (χ2n) is 4.56. The summed E-state index contributed by atoms with van der Waals surface area (Å²) in [7, 11) is 1.55. The Labute approximate surface area is 124 Å². The van der Waals surface area contributed by atoms with Gasteiger partial charge in [0.25, 0.3) is 0 Å². The molecule has 0 aliphatic rings. The summed E-state index contributed by atoms with van der Waals surface area (Å²) in [4.78, 5) is 0. The molecule has 21 heavy (non-hydrogen) atoms. The quantitative estimate of drug-likeness (QED) is 0.912. The molecule has 1 N–H and O–H groups in total. The summed E-state index contributed by atoms with van der Waals surface area (Å²) in [6.07, 6.45) is 0. The number of nitrogens with zero attached hydrogens (tertiary/aromatic N) is 2. The van der Waals surface area contributed by atoms with Crippen LogP contribution in [0.2, 0.25) is 0 Å². The third-order valence-corrected chi connectivity index (χ3v) is 3.10. The van der Waals surface area contributed by atoms with E-state index < -0.39 is 0 Å². The van der Waals surface area contributed by atoms with Gasteiger partial charge in [-0.2, -0.15) is 10.5 Å². The van der Waals surface area contributed by atoms with E-state index in [1.165, 1.54) is 0 Å². The topological polar surface area (TPSA) is 68.8 Å². The lowest BCUT2D eigenvalue weighted by molar-refractivity contribution is 0.413. The van der Waals surface area contributed by atoms with E-state index in [1.54, 1.807) is 19.2 Å². The van der Waals surface area contributed by atoms with Crippen molar-refractivity contribution in [2.45, 2.75) is 13.1 Å². The second-order valence-corrected chi connectivity index (χ2v) is 4.56. The number of nitrogens with one attached hydrogen (secondary N) is 1. The van der Waals surface area contributed by atoms with Crippen molar-refractivity contribution >= 4 is 0 Å². The second kappa shape index (κ2) is 7.09. The molecule has 0 bridgehead atoms. The Morgan fingerprint density at radius 1 is 1.00 bits per heavy atom. The van der Waals surface area contributed by atoms with E-state index in [1.807, 2.05) is 30.3 Å². The van der Waals surface area contributed by atoms with Crippen LogP contribution >= 0.6 is 0 Å². The summed E-state index contributed by atoms with van der Waals surface area (Å²) in [5.74, 6) is 0.586. The molecular formula is C17H15N3O. The van der Waals surface area contributed by atoms with E-state index in [9.17, 15) is 0 Å². The molecule has 4 nitrogen and oxygen atoms in total. The van der Waals surface area contributed by atoms with Crippen LogP contribution in [0, 0.1) is 22.7 Å². The van der Waals surface area contributed by atoms with Crippen LogP contribution in [0.15, 0.2) is 42.5 Å². The fourth-order valence-corrected chi connectivity index (χ4v) is 2.05. The molecule has 0 saturated heterocycles. The zero-order valence-electron chi connectivity index (χ0n) is 11.8. The van der Waals surface area contributed by atoms with Gasteiger partial charge in [0.15, 0.2) is 0 Å². The maximum Gasteiger partial charge on any atom is 0.136 e. The Balaban J connectivity index is 1.97. The van der Waals surface area contributed by atoms with Gasteiger partial charge in [-0.05, 0) is 35.4 Å². The number of benzene rings is 2. The van der Waals surface area contributed by atoms with E-state index in [-0.39, 0.29) is 0 Å². The third-order valence-electron chi connectivity index (χ3n) is 3.10. The molecule has 0 spiro atoms. The van der Waals surface area contributed by atoms with Crippen LogP contribution < -0.4 is 10.1 Å². The molecule has 0 amide bonds. The highest BCUT2D eigenvalue weighted by molar-refractivity contribution is 5.45. The number of rotatable bonds is 5. The van der Waals surface area contributed by atoms with Crippen LogP contribution in [-0.4, -0.2) is 7.11 Å². The molecule has 0 saturated carbocycles. The summed E-state index contributed by atoms with van der Waals surface area (Å²) in [5.41, 5.74) is 3.26. The van der Waals surface area contributed by atoms with Gasteiger partial charge in [0.2, 0.25) is 0 Å². The summed E-state index contributed by atoms with van der Waals surface area (Å²) in [6.45, 7) is 1.32. The maximum absolute atomic E-state index is 9.05. The van der Waals surface area contributed by atoms with Crippen LogP contribution in [0.1, 0.15) is 22.3 Å². The normalized spacial score (nSPS) is 9.67. The van der Waals surface area contributed by atoms with Gasteiger partial charge in [-0.15, -0.1) is 0 Å². The fourth-order valence-electron chi connectivity index (χ4n) is 2.05. The van der Waals surface area contributed by atoms with Crippen LogP contribution in [-0.2, 0) is 13.1 Å². The van der Waals surface area contributed by atoms with Gasteiger partial charge in [-0.3, -0.25) is 0 Å². The van der Waals surface area contributed by atoms with Gasteiger partial charge in [0.1, 0.15) is 11.8 Å². The minimum absolute atomic E-state index is 0.531. The van der Waals surface area contributed by atoms with E-state index in [4.69, 9.17) is 15.3 Å². The van der Waals surface area contributed by atoms with E-state index in [0.717, 1.165) is 11.1 Å². The first-order valence-electron chi connectivity index (χ1n) is 6.53. The lowest BCUT2D eigenvalue weighted by Gasteiger charge is -2.08. The molecule has 0 aromatic heterocycles. The van der Waals surface area contributed by atoms with Crippen LogP contribution in [0.4, 0.5) is 0 Å². The molecule has 2 aromatic rings. The Morgan fingerprint density at radius 2 is 1.76 bits per heavy atom. The summed E-state index contributed by atoms with van der Waals surface area (Å²) < 4.78 is 5.12. The van der Waals surface area contributed by atoms with Gasteiger partial charge in [0.05, 0.1) is 24.3 Å². The lowest BCUT2D eigenvalue weighted by Crippen LogP contribution is -2.12. The predicted molar refractivity (Wildman–Crippen MR) is 79.4 cm³/mol. The van der Waals surface area contributed by atoms with Gasteiger partial charge < -0.3 is 10.1 Å². The summed E-state index contributed by atoms with van der Waals surface area (Å²) in [6, 6.07) is 17.3. The molecular weight excluding hydrogens is 262 g/mol. The SMILES string of the molecule is COc1ccc(CNCc2cccc(C#N)c2)cc1C#N. The molecule has 4 heteroatoms.